The Kier molecular flexibility index (Phi) is 6.22. The van der Waals surface area contributed by atoms with Gasteiger partial charge in [0.1, 0.15) is 11.6 Å². The van der Waals surface area contributed by atoms with Gasteiger partial charge in [0.15, 0.2) is 0 Å². The van der Waals surface area contributed by atoms with Crippen LogP contribution in [0.2, 0.25) is 0 Å². The molecule has 0 saturated heterocycles. The number of hydrogen-bond donors (Lipinski definition) is 2. The Labute approximate surface area is 158 Å². The summed E-state index contributed by atoms with van der Waals surface area (Å²) in [4.78, 5) is 17.3. The number of aromatic nitrogens is 1. The lowest BCUT2D eigenvalue weighted by Gasteiger charge is -2.12. The van der Waals surface area contributed by atoms with Gasteiger partial charge in [0, 0.05) is 31.3 Å². The number of benzene rings is 2. The molecule has 1 aromatic heterocycles. The van der Waals surface area contributed by atoms with E-state index in [1.807, 2.05) is 48.5 Å². The van der Waals surface area contributed by atoms with Crippen molar-refractivity contribution in [1.82, 2.24) is 10.3 Å². The monoisotopic (exact) mass is 365 g/mol. The van der Waals surface area contributed by atoms with Gasteiger partial charge in [-0.05, 0) is 42.8 Å². The number of para-hydroxylation sites is 1. The molecule has 2 N–H and O–H groups in total. The average molecular weight is 365 g/mol. The van der Waals surface area contributed by atoms with Gasteiger partial charge in [-0.25, -0.2) is 4.98 Å². The van der Waals surface area contributed by atoms with Crippen LogP contribution in [0.5, 0.6) is 5.75 Å². The lowest BCUT2D eigenvalue weighted by Crippen LogP contribution is -2.25. The molecule has 2 aromatic carbocycles. The number of nitrogens with zero attached hydrogens (tertiary/aromatic N) is 1. The van der Waals surface area contributed by atoms with Crippen LogP contribution in [0, 0.1) is 0 Å². The number of ether oxygens (including phenoxy) is 2. The smallest absolute Gasteiger partial charge is 0.252 e. The lowest BCUT2D eigenvalue weighted by molar-refractivity contribution is 0.0950. The Balaban J connectivity index is 1.86. The van der Waals surface area contributed by atoms with Crippen LogP contribution in [0.1, 0.15) is 16.8 Å². The number of carbonyl (C=O) groups excluding carboxylic acids is 1. The fourth-order valence-electron chi connectivity index (χ4n) is 2.76. The Morgan fingerprint density at radius 2 is 1.85 bits per heavy atom. The van der Waals surface area contributed by atoms with Gasteiger partial charge in [-0.2, -0.15) is 0 Å². The molecular weight excluding hydrogens is 342 g/mol. The summed E-state index contributed by atoms with van der Waals surface area (Å²) in [5, 5.41) is 7.01. The molecule has 0 spiro atoms. The molecule has 0 radical (unpaired) electrons. The molecule has 0 atom stereocenters. The summed E-state index contributed by atoms with van der Waals surface area (Å²) >= 11 is 0. The normalized spacial score (nSPS) is 10.6. The molecule has 0 unspecified atom stereocenters. The van der Waals surface area contributed by atoms with Crippen molar-refractivity contribution in [1.29, 1.82) is 0 Å². The standard InChI is InChI=1S/C21H23N3O3/c1-26-13-5-12-22-21(25)18-14-20(24-19-7-4-3-6-17(18)19)23-15-8-10-16(27-2)11-9-15/h3-4,6-11,14H,5,12-13H2,1-2H3,(H,22,25)(H,23,24). The van der Waals surface area contributed by atoms with Crippen molar-refractivity contribution in [3.05, 3.63) is 60.2 Å². The number of methoxy groups -OCH3 is 2. The van der Waals surface area contributed by atoms with Crippen LogP contribution < -0.4 is 15.4 Å². The molecule has 1 heterocycles. The number of rotatable bonds is 8. The maximum Gasteiger partial charge on any atom is 0.252 e. The summed E-state index contributed by atoms with van der Waals surface area (Å²) in [7, 11) is 3.28. The number of nitrogens with one attached hydrogen (secondary N) is 2. The highest BCUT2D eigenvalue weighted by Crippen LogP contribution is 2.24. The number of pyridine rings is 1. The first-order valence-corrected chi connectivity index (χ1v) is 8.79. The van der Waals surface area contributed by atoms with E-state index in [1.54, 1.807) is 20.3 Å². The van der Waals surface area contributed by atoms with Crippen LogP contribution >= 0.6 is 0 Å². The fourth-order valence-corrected chi connectivity index (χ4v) is 2.76. The molecule has 1 amide bonds. The van der Waals surface area contributed by atoms with Crippen LogP contribution in [-0.2, 0) is 4.74 Å². The number of anilines is 2. The minimum atomic E-state index is -0.123. The third-order valence-electron chi connectivity index (χ3n) is 4.13. The average Bonchev–Trinajstić information content (AvgIpc) is 2.71. The van der Waals surface area contributed by atoms with Crippen molar-refractivity contribution < 1.29 is 14.3 Å². The molecule has 0 fully saturated rings. The van der Waals surface area contributed by atoms with Crippen LogP contribution in [0.15, 0.2) is 54.6 Å². The minimum absolute atomic E-state index is 0.123. The number of hydrogen-bond acceptors (Lipinski definition) is 5. The number of amides is 1. The van der Waals surface area contributed by atoms with E-state index in [-0.39, 0.29) is 5.91 Å². The Morgan fingerprint density at radius 1 is 1.07 bits per heavy atom. The maximum absolute atomic E-state index is 12.7. The molecule has 3 aromatic rings. The van der Waals surface area contributed by atoms with E-state index in [1.165, 1.54) is 0 Å². The molecule has 0 bridgehead atoms. The molecule has 6 nitrogen and oxygen atoms in total. The SMILES string of the molecule is COCCCNC(=O)c1cc(Nc2ccc(OC)cc2)nc2ccccc12. The van der Waals surface area contributed by atoms with E-state index < -0.39 is 0 Å². The van der Waals surface area contributed by atoms with Crippen LogP contribution in [0.25, 0.3) is 10.9 Å². The Morgan fingerprint density at radius 3 is 2.59 bits per heavy atom. The predicted octanol–water partition coefficient (Wildman–Crippen LogP) is 3.75. The highest BCUT2D eigenvalue weighted by Gasteiger charge is 2.13. The lowest BCUT2D eigenvalue weighted by atomic mass is 10.1. The quantitative estimate of drug-likeness (QED) is 0.595. The van der Waals surface area contributed by atoms with Gasteiger partial charge in [-0.3, -0.25) is 4.79 Å². The number of carbonyl (C=O) groups is 1. The highest BCUT2D eigenvalue weighted by atomic mass is 16.5. The summed E-state index contributed by atoms with van der Waals surface area (Å²) in [6, 6.07) is 16.9. The van der Waals surface area contributed by atoms with Crippen LogP contribution in [0.3, 0.4) is 0 Å². The van der Waals surface area contributed by atoms with Crippen molar-refractivity contribution in [2.45, 2.75) is 6.42 Å². The first-order valence-electron chi connectivity index (χ1n) is 8.79. The molecule has 0 aliphatic rings. The van der Waals surface area contributed by atoms with Crippen molar-refractivity contribution in [3.8, 4) is 5.75 Å². The van der Waals surface area contributed by atoms with Gasteiger partial charge in [-0.15, -0.1) is 0 Å². The second-order valence-corrected chi connectivity index (χ2v) is 6.03. The molecule has 3 rings (SSSR count). The Hall–Kier alpha value is -3.12. The molecule has 0 aliphatic carbocycles. The molecule has 0 saturated carbocycles. The molecule has 6 heteroatoms. The zero-order valence-electron chi connectivity index (χ0n) is 15.5. The van der Waals surface area contributed by atoms with E-state index in [0.29, 0.717) is 24.5 Å². The second kappa shape index (κ2) is 9.00. The zero-order chi connectivity index (χ0) is 19.1. The fraction of sp³-hybridized carbons (Fsp3) is 0.238. The molecular formula is C21H23N3O3. The number of fused-ring (bicyclic) bond motifs is 1. The first kappa shape index (κ1) is 18.7. The van der Waals surface area contributed by atoms with Crippen molar-refractivity contribution in [2.24, 2.45) is 0 Å². The zero-order valence-corrected chi connectivity index (χ0v) is 15.5. The second-order valence-electron chi connectivity index (χ2n) is 6.03. The van der Waals surface area contributed by atoms with Crippen LogP contribution in [-0.4, -0.2) is 38.3 Å². The topological polar surface area (TPSA) is 72.5 Å². The van der Waals surface area contributed by atoms with Crippen molar-refractivity contribution in [2.75, 3.05) is 32.7 Å². The van der Waals surface area contributed by atoms with Gasteiger partial charge >= 0.3 is 0 Å². The molecule has 0 aliphatic heterocycles. The predicted molar refractivity (Wildman–Crippen MR) is 107 cm³/mol. The third-order valence-corrected chi connectivity index (χ3v) is 4.13. The van der Waals surface area contributed by atoms with E-state index in [0.717, 1.165) is 28.8 Å². The third kappa shape index (κ3) is 4.74. The summed E-state index contributed by atoms with van der Waals surface area (Å²) in [5.41, 5.74) is 2.22. The minimum Gasteiger partial charge on any atom is -0.497 e. The van der Waals surface area contributed by atoms with Crippen molar-refractivity contribution in [3.63, 3.8) is 0 Å². The highest BCUT2D eigenvalue weighted by molar-refractivity contribution is 6.07. The maximum atomic E-state index is 12.7. The van der Waals surface area contributed by atoms with E-state index >= 15 is 0 Å². The van der Waals surface area contributed by atoms with E-state index in [2.05, 4.69) is 15.6 Å². The first-order chi connectivity index (χ1) is 13.2. The van der Waals surface area contributed by atoms with Gasteiger partial charge in [-0.1, -0.05) is 18.2 Å². The summed E-state index contributed by atoms with van der Waals surface area (Å²) in [6.45, 7) is 1.17. The summed E-state index contributed by atoms with van der Waals surface area (Å²) in [5.74, 6) is 1.27. The summed E-state index contributed by atoms with van der Waals surface area (Å²) < 4.78 is 10.2. The van der Waals surface area contributed by atoms with Crippen LogP contribution in [0.4, 0.5) is 11.5 Å². The van der Waals surface area contributed by atoms with Gasteiger partial charge < -0.3 is 20.1 Å². The van der Waals surface area contributed by atoms with Gasteiger partial charge in [0.2, 0.25) is 0 Å². The van der Waals surface area contributed by atoms with Crippen molar-refractivity contribution >= 4 is 28.3 Å². The molecule has 140 valence electrons. The summed E-state index contributed by atoms with van der Waals surface area (Å²) in [6.07, 6.45) is 0.766. The van der Waals surface area contributed by atoms with Gasteiger partial charge in [0.25, 0.3) is 5.91 Å². The molecule has 27 heavy (non-hydrogen) atoms. The van der Waals surface area contributed by atoms with Gasteiger partial charge in [0.05, 0.1) is 18.2 Å². The van der Waals surface area contributed by atoms with E-state index in [9.17, 15) is 4.79 Å². The largest absolute Gasteiger partial charge is 0.497 e. The Bertz CT molecular complexity index is 910. The van der Waals surface area contributed by atoms with E-state index in [4.69, 9.17) is 9.47 Å².